The predicted octanol–water partition coefficient (Wildman–Crippen LogP) is 2.27. The second kappa shape index (κ2) is 7.29. The fourth-order valence-corrected chi connectivity index (χ4v) is 2.55. The highest BCUT2D eigenvalue weighted by Crippen LogP contribution is 2.09. The number of amides is 1. The highest BCUT2D eigenvalue weighted by atomic mass is 16.2. The zero-order valence-corrected chi connectivity index (χ0v) is 11.7. The molecule has 0 bridgehead atoms. The van der Waals surface area contributed by atoms with Crippen LogP contribution in [0.1, 0.15) is 38.2 Å². The summed E-state index contributed by atoms with van der Waals surface area (Å²) < 4.78 is 0. The van der Waals surface area contributed by atoms with E-state index in [4.69, 9.17) is 0 Å². The van der Waals surface area contributed by atoms with E-state index in [0.717, 1.165) is 38.6 Å². The van der Waals surface area contributed by atoms with Gasteiger partial charge < -0.3 is 10.6 Å². The summed E-state index contributed by atoms with van der Waals surface area (Å²) in [6, 6.07) is 10.9. The molecule has 1 aromatic carbocycles. The molecule has 1 aliphatic heterocycles. The summed E-state index contributed by atoms with van der Waals surface area (Å²) >= 11 is 0. The van der Waals surface area contributed by atoms with Gasteiger partial charge >= 0.3 is 0 Å². The maximum atomic E-state index is 11.9. The quantitative estimate of drug-likeness (QED) is 0.852. The molecule has 0 saturated carbocycles. The monoisotopic (exact) mass is 260 g/mol. The molecule has 3 heteroatoms. The molecule has 1 saturated heterocycles. The third kappa shape index (κ3) is 4.67. The molecule has 19 heavy (non-hydrogen) atoms. The van der Waals surface area contributed by atoms with Crippen molar-refractivity contribution in [1.29, 1.82) is 0 Å². The van der Waals surface area contributed by atoms with Crippen LogP contribution >= 0.6 is 0 Å². The van der Waals surface area contributed by atoms with Gasteiger partial charge in [0, 0.05) is 12.6 Å². The summed E-state index contributed by atoms with van der Waals surface area (Å²) in [6.45, 7) is 3.00. The lowest BCUT2D eigenvalue weighted by atomic mass is 10.0. The molecular formula is C16H24N2O. The maximum absolute atomic E-state index is 11.9. The Kier molecular flexibility index (Phi) is 5.40. The lowest BCUT2D eigenvalue weighted by Crippen LogP contribution is -2.46. The average molecular weight is 260 g/mol. The Hall–Kier alpha value is -1.35. The summed E-state index contributed by atoms with van der Waals surface area (Å²) in [7, 11) is 0. The number of benzene rings is 1. The van der Waals surface area contributed by atoms with Crippen molar-refractivity contribution < 1.29 is 4.79 Å². The van der Waals surface area contributed by atoms with Crippen LogP contribution < -0.4 is 10.6 Å². The second-order valence-electron chi connectivity index (χ2n) is 5.43. The van der Waals surface area contributed by atoms with E-state index in [1.165, 1.54) is 5.56 Å². The van der Waals surface area contributed by atoms with E-state index >= 15 is 0 Å². The van der Waals surface area contributed by atoms with E-state index in [-0.39, 0.29) is 11.9 Å². The van der Waals surface area contributed by atoms with Crippen LogP contribution in [-0.4, -0.2) is 24.5 Å². The number of carbonyl (C=O) groups is 1. The van der Waals surface area contributed by atoms with Gasteiger partial charge in [0.2, 0.25) is 5.91 Å². The van der Waals surface area contributed by atoms with Crippen molar-refractivity contribution in [2.24, 2.45) is 0 Å². The molecule has 1 fully saturated rings. The first-order valence-electron chi connectivity index (χ1n) is 7.33. The predicted molar refractivity (Wildman–Crippen MR) is 78.0 cm³/mol. The highest BCUT2D eigenvalue weighted by Gasteiger charge is 2.21. The van der Waals surface area contributed by atoms with E-state index < -0.39 is 0 Å². The second-order valence-corrected chi connectivity index (χ2v) is 5.43. The Balaban J connectivity index is 1.77. The zero-order valence-electron chi connectivity index (χ0n) is 11.7. The van der Waals surface area contributed by atoms with Gasteiger partial charge in [-0.1, -0.05) is 30.3 Å². The van der Waals surface area contributed by atoms with Crippen LogP contribution in [0.5, 0.6) is 0 Å². The molecule has 2 atom stereocenters. The maximum Gasteiger partial charge on any atom is 0.237 e. The lowest BCUT2D eigenvalue weighted by Gasteiger charge is -2.21. The van der Waals surface area contributed by atoms with Crippen LogP contribution in [0.3, 0.4) is 0 Å². The van der Waals surface area contributed by atoms with Gasteiger partial charge in [0.05, 0.1) is 6.04 Å². The van der Waals surface area contributed by atoms with Gasteiger partial charge in [-0.15, -0.1) is 0 Å². The Morgan fingerprint density at radius 3 is 2.89 bits per heavy atom. The highest BCUT2D eigenvalue weighted by molar-refractivity contribution is 5.81. The van der Waals surface area contributed by atoms with Crippen molar-refractivity contribution in [2.75, 3.05) is 6.54 Å². The fourth-order valence-electron chi connectivity index (χ4n) is 2.55. The molecule has 1 heterocycles. The number of hydrogen-bond donors (Lipinski definition) is 2. The molecule has 0 spiro atoms. The zero-order chi connectivity index (χ0) is 13.5. The Morgan fingerprint density at radius 2 is 2.11 bits per heavy atom. The van der Waals surface area contributed by atoms with Gasteiger partial charge in [-0.3, -0.25) is 4.79 Å². The SMILES string of the molecule is CC(CCc1ccccc1)NC1CCCCNC1=O. The molecule has 104 valence electrons. The molecule has 1 aromatic rings. The summed E-state index contributed by atoms with van der Waals surface area (Å²) in [6.07, 6.45) is 5.31. The molecule has 2 N–H and O–H groups in total. The van der Waals surface area contributed by atoms with Crippen LogP contribution in [0.15, 0.2) is 30.3 Å². The van der Waals surface area contributed by atoms with E-state index in [9.17, 15) is 4.79 Å². The molecular weight excluding hydrogens is 236 g/mol. The van der Waals surface area contributed by atoms with E-state index in [2.05, 4.69) is 41.8 Å². The Bertz CT molecular complexity index is 391. The first-order valence-corrected chi connectivity index (χ1v) is 7.33. The Labute approximate surface area is 115 Å². The minimum absolute atomic E-state index is 0.00623. The van der Waals surface area contributed by atoms with E-state index in [0.29, 0.717) is 6.04 Å². The summed E-state index contributed by atoms with van der Waals surface area (Å²) in [5.41, 5.74) is 1.36. The number of hydrogen-bond acceptors (Lipinski definition) is 2. The third-order valence-electron chi connectivity index (χ3n) is 3.73. The average Bonchev–Trinajstić information content (AvgIpc) is 2.63. The number of aryl methyl sites for hydroxylation is 1. The normalized spacial score (nSPS) is 21.5. The topological polar surface area (TPSA) is 41.1 Å². The van der Waals surface area contributed by atoms with Crippen molar-refractivity contribution >= 4 is 5.91 Å². The summed E-state index contributed by atoms with van der Waals surface area (Å²) in [5.74, 6) is 0.170. The molecule has 2 unspecified atom stereocenters. The van der Waals surface area contributed by atoms with Gasteiger partial charge in [0.1, 0.15) is 0 Å². The molecule has 0 aliphatic carbocycles. The van der Waals surface area contributed by atoms with Gasteiger partial charge in [-0.25, -0.2) is 0 Å². The van der Waals surface area contributed by atoms with Crippen molar-refractivity contribution in [3.05, 3.63) is 35.9 Å². The minimum Gasteiger partial charge on any atom is -0.355 e. The van der Waals surface area contributed by atoms with Gasteiger partial charge in [0.25, 0.3) is 0 Å². The van der Waals surface area contributed by atoms with Crippen molar-refractivity contribution in [3.8, 4) is 0 Å². The third-order valence-corrected chi connectivity index (χ3v) is 3.73. The fraction of sp³-hybridized carbons (Fsp3) is 0.562. The molecule has 2 rings (SSSR count). The largest absolute Gasteiger partial charge is 0.355 e. The smallest absolute Gasteiger partial charge is 0.237 e. The summed E-state index contributed by atoms with van der Waals surface area (Å²) in [5, 5.41) is 6.44. The first-order chi connectivity index (χ1) is 9.25. The van der Waals surface area contributed by atoms with Gasteiger partial charge in [-0.2, -0.15) is 0 Å². The standard InChI is InChI=1S/C16H24N2O/c1-13(10-11-14-7-3-2-4-8-14)18-15-9-5-6-12-17-16(15)19/h2-4,7-8,13,15,18H,5-6,9-12H2,1H3,(H,17,19). The van der Waals surface area contributed by atoms with Crippen molar-refractivity contribution in [2.45, 2.75) is 51.1 Å². The van der Waals surface area contributed by atoms with Crippen LogP contribution in [0.2, 0.25) is 0 Å². The van der Waals surface area contributed by atoms with Crippen LogP contribution in [0, 0.1) is 0 Å². The molecule has 1 amide bonds. The van der Waals surface area contributed by atoms with Crippen molar-refractivity contribution in [1.82, 2.24) is 10.6 Å². The number of rotatable bonds is 5. The minimum atomic E-state index is -0.00623. The molecule has 1 aliphatic rings. The van der Waals surface area contributed by atoms with E-state index in [1.807, 2.05) is 6.07 Å². The molecule has 0 radical (unpaired) electrons. The molecule has 3 nitrogen and oxygen atoms in total. The number of nitrogens with one attached hydrogen (secondary N) is 2. The molecule has 0 aromatic heterocycles. The van der Waals surface area contributed by atoms with E-state index in [1.54, 1.807) is 0 Å². The summed E-state index contributed by atoms with van der Waals surface area (Å²) in [4.78, 5) is 11.9. The number of carbonyl (C=O) groups excluding carboxylic acids is 1. The van der Waals surface area contributed by atoms with Crippen LogP contribution in [0.25, 0.3) is 0 Å². The van der Waals surface area contributed by atoms with Crippen molar-refractivity contribution in [3.63, 3.8) is 0 Å². The van der Waals surface area contributed by atoms with Crippen LogP contribution in [0.4, 0.5) is 0 Å². The van der Waals surface area contributed by atoms with Gasteiger partial charge in [0.15, 0.2) is 0 Å². The lowest BCUT2D eigenvalue weighted by molar-refractivity contribution is -0.123. The van der Waals surface area contributed by atoms with Crippen LogP contribution in [-0.2, 0) is 11.2 Å². The Morgan fingerprint density at radius 1 is 1.32 bits per heavy atom. The van der Waals surface area contributed by atoms with Gasteiger partial charge in [-0.05, 0) is 44.6 Å². The first kappa shape index (κ1) is 14.1.